The first-order valence-corrected chi connectivity index (χ1v) is 16.9. The van der Waals surface area contributed by atoms with Crippen LogP contribution in [-0.4, -0.2) is 94.9 Å². The molecule has 15 heteroatoms. The molecule has 2 fully saturated rings. The molecule has 13 nitrogen and oxygen atoms in total. The zero-order chi connectivity index (χ0) is 36.4. The molecule has 0 bridgehead atoms. The Kier molecular flexibility index (Phi) is 13.4. The van der Waals surface area contributed by atoms with E-state index in [9.17, 15) is 42.7 Å². The summed E-state index contributed by atoms with van der Waals surface area (Å²) >= 11 is 0. The summed E-state index contributed by atoms with van der Waals surface area (Å²) in [6.45, 7) is 3.34. The predicted molar refractivity (Wildman–Crippen MR) is 177 cm³/mol. The van der Waals surface area contributed by atoms with Gasteiger partial charge in [0.15, 0.2) is 11.6 Å². The van der Waals surface area contributed by atoms with Crippen molar-refractivity contribution in [3.8, 4) is 0 Å². The molecule has 4 rings (SSSR count). The smallest absolute Gasteiger partial charge is 0.255 e. The second-order valence-corrected chi connectivity index (χ2v) is 12.6. The Morgan fingerprint density at radius 2 is 1.60 bits per heavy atom. The fraction of sp³-hybridized carbons (Fsp3) is 0.486. The first kappa shape index (κ1) is 37.9. The van der Waals surface area contributed by atoms with Crippen LogP contribution >= 0.6 is 0 Å². The average molecular weight is 699 g/mol. The van der Waals surface area contributed by atoms with E-state index in [-0.39, 0.29) is 38.3 Å². The molecule has 6 amide bonds. The van der Waals surface area contributed by atoms with E-state index in [2.05, 4.69) is 26.6 Å². The molecule has 2 heterocycles. The number of halogens is 2. The van der Waals surface area contributed by atoms with Crippen molar-refractivity contribution in [2.45, 2.75) is 95.1 Å². The van der Waals surface area contributed by atoms with E-state index in [1.165, 1.54) is 11.8 Å². The number of rotatable bonds is 6. The zero-order valence-corrected chi connectivity index (χ0v) is 28.0. The Bertz CT molecular complexity index is 1560. The third-order valence-corrected chi connectivity index (χ3v) is 8.88. The van der Waals surface area contributed by atoms with Crippen LogP contribution in [0.3, 0.4) is 0 Å². The Morgan fingerprint density at radius 3 is 2.30 bits per heavy atom. The van der Waals surface area contributed by atoms with Crippen LogP contribution in [0.25, 0.3) is 0 Å². The molecule has 2 aliphatic rings. The molecule has 0 spiro atoms. The van der Waals surface area contributed by atoms with Crippen LogP contribution in [0.5, 0.6) is 0 Å². The van der Waals surface area contributed by atoms with Gasteiger partial charge in [-0.15, -0.1) is 0 Å². The lowest BCUT2D eigenvalue weighted by Crippen LogP contribution is -2.61. The quantitative estimate of drug-likeness (QED) is 0.258. The molecular weight excluding hydrogens is 654 g/mol. The number of aliphatic hydroxyl groups excluding tert-OH is 1. The Labute approximate surface area is 288 Å². The molecule has 2 aromatic rings. The van der Waals surface area contributed by atoms with E-state index >= 15 is 0 Å². The maximum atomic E-state index is 14.4. The van der Waals surface area contributed by atoms with E-state index in [0.717, 1.165) is 23.8 Å². The standard InChI is InChI=1S/C35H44F2N6O7/c1-3-24-31(46)42-29(20(2)44)34(49)41-26(19-21-11-5-4-6-12-21)35(50)43-18-10-16-27(43)33(48)38-17-8-7-15-25(32(47)39-24)40-30(45)22-13-9-14-23(36)28(22)37/h4-6,9,11-14,20,24-27,29,44H,3,7-8,10,15-19H2,1-2H3,(H,38,48)(H,39,47)(H,40,45)(H,41,49)(H,42,46)/t20-,24+,25+,26-,27+,29+/m1/s1. The maximum absolute atomic E-state index is 14.4. The Balaban J connectivity index is 1.62. The molecular formula is C35H44F2N6O7. The molecule has 2 aliphatic heterocycles. The molecule has 0 radical (unpaired) electrons. The largest absolute Gasteiger partial charge is 0.391 e. The highest BCUT2D eigenvalue weighted by Crippen LogP contribution is 2.20. The SMILES string of the molecule is CC[C@@H]1NC(=O)[C@@H](NC(=O)c2cccc(F)c2F)CCCCNC(=O)[C@@H]2CCCN2C(=O)[C@@H](Cc2ccccc2)NC(=O)[C@H]([C@@H](C)O)NC1=O. The fourth-order valence-corrected chi connectivity index (χ4v) is 6.09. The van der Waals surface area contributed by atoms with Gasteiger partial charge in [-0.3, -0.25) is 28.8 Å². The number of nitrogens with one attached hydrogen (secondary N) is 5. The molecule has 2 aromatic carbocycles. The van der Waals surface area contributed by atoms with Crippen molar-refractivity contribution >= 4 is 35.4 Å². The number of aliphatic hydroxyl groups is 1. The molecule has 0 unspecified atom stereocenters. The van der Waals surface area contributed by atoms with E-state index < -0.39 is 83.0 Å². The van der Waals surface area contributed by atoms with Crippen LogP contribution in [0.1, 0.15) is 68.3 Å². The van der Waals surface area contributed by atoms with Crippen LogP contribution in [-0.2, 0) is 30.4 Å². The van der Waals surface area contributed by atoms with Gasteiger partial charge in [-0.2, -0.15) is 0 Å². The number of carbonyl (C=O) groups excluding carboxylic acids is 6. The highest BCUT2D eigenvalue weighted by atomic mass is 19.2. The molecule has 270 valence electrons. The first-order chi connectivity index (χ1) is 23.9. The van der Waals surface area contributed by atoms with Crippen molar-refractivity contribution in [1.29, 1.82) is 0 Å². The molecule has 50 heavy (non-hydrogen) atoms. The van der Waals surface area contributed by atoms with Crippen molar-refractivity contribution in [3.63, 3.8) is 0 Å². The summed E-state index contributed by atoms with van der Waals surface area (Å²) in [4.78, 5) is 82.1. The van der Waals surface area contributed by atoms with Gasteiger partial charge in [0.05, 0.1) is 11.7 Å². The minimum atomic E-state index is -1.54. The van der Waals surface area contributed by atoms with Gasteiger partial charge in [0.1, 0.15) is 30.2 Å². The number of fused-ring (bicyclic) bond motifs is 1. The topological polar surface area (TPSA) is 186 Å². The Morgan fingerprint density at radius 1 is 0.880 bits per heavy atom. The summed E-state index contributed by atoms with van der Waals surface area (Å²) in [6, 6.07) is 6.03. The number of benzene rings is 2. The van der Waals surface area contributed by atoms with Crippen LogP contribution in [0.15, 0.2) is 48.5 Å². The molecule has 0 aliphatic carbocycles. The number of amides is 6. The van der Waals surface area contributed by atoms with Crippen LogP contribution in [0.2, 0.25) is 0 Å². The summed E-state index contributed by atoms with van der Waals surface area (Å²) in [6.07, 6.45) is 0.327. The second-order valence-electron chi connectivity index (χ2n) is 12.6. The van der Waals surface area contributed by atoms with Crippen molar-refractivity contribution < 1.29 is 42.7 Å². The van der Waals surface area contributed by atoms with Gasteiger partial charge >= 0.3 is 0 Å². The minimum absolute atomic E-state index is 0.0103. The van der Waals surface area contributed by atoms with Gasteiger partial charge in [-0.05, 0) is 63.1 Å². The van der Waals surface area contributed by atoms with E-state index in [1.807, 2.05) is 0 Å². The first-order valence-electron chi connectivity index (χ1n) is 16.9. The number of carbonyl (C=O) groups is 6. The second kappa shape index (κ2) is 17.7. The van der Waals surface area contributed by atoms with Crippen molar-refractivity contribution in [2.24, 2.45) is 0 Å². The summed E-state index contributed by atoms with van der Waals surface area (Å²) in [7, 11) is 0. The third kappa shape index (κ3) is 9.61. The maximum Gasteiger partial charge on any atom is 0.255 e. The van der Waals surface area contributed by atoms with Gasteiger partial charge in [0.2, 0.25) is 29.5 Å². The van der Waals surface area contributed by atoms with E-state index in [4.69, 9.17) is 0 Å². The molecule has 6 N–H and O–H groups in total. The lowest BCUT2D eigenvalue weighted by atomic mass is 10.0. The normalized spacial score (nSPS) is 25.1. The van der Waals surface area contributed by atoms with Crippen LogP contribution < -0.4 is 26.6 Å². The molecule has 2 saturated heterocycles. The number of hydrogen-bond donors (Lipinski definition) is 6. The average Bonchev–Trinajstić information content (AvgIpc) is 3.59. The van der Waals surface area contributed by atoms with Gasteiger partial charge in [-0.1, -0.05) is 43.3 Å². The van der Waals surface area contributed by atoms with E-state index in [1.54, 1.807) is 37.3 Å². The van der Waals surface area contributed by atoms with Crippen LogP contribution in [0.4, 0.5) is 8.78 Å². The molecule has 0 saturated carbocycles. The number of nitrogens with zero attached hydrogens (tertiary/aromatic N) is 1. The van der Waals surface area contributed by atoms with Crippen LogP contribution in [0, 0.1) is 11.6 Å². The Hall–Kier alpha value is -4.92. The minimum Gasteiger partial charge on any atom is -0.391 e. The van der Waals surface area contributed by atoms with Gasteiger partial charge in [-0.25, -0.2) is 8.78 Å². The zero-order valence-electron chi connectivity index (χ0n) is 28.0. The third-order valence-electron chi connectivity index (χ3n) is 8.88. The van der Waals surface area contributed by atoms with E-state index in [0.29, 0.717) is 25.7 Å². The summed E-state index contributed by atoms with van der Waals surface area (Å²) in [5, 5.41) is 23.5. The summed E-state index contributed by atoms with van der Waals surface area (Å²) < 4.78 is 28.2. The van der Waals surface area contributed by atoms with Gasteiger partial charge < -0.3 is 36.6 Å². The van der Waals surface area contributed by atoms with Gasteiger partial charge in [0, 0.05) is 19.5 Å². The molecule has 6 atom stereocenters. The lowest BCUT2D eigenvalue weighted by Gasteiger charge is -2.30. The monoisotopic (exact) mass is 698 g/mol. The summed E-state index contributed by atoms with van der Waals surface area (Å²) in [5.74, 6) is -7.02. The van der Waals surface area contributed by atoms with Crippen molar-refractivity contribution in [3.05, 3.63) is 71.3 Å². The summed E-state index contributed by atoms with van der Waals surface area (Å²) in [5.41, 5.74) is 0.121. The fourth-order valence-electron chi connectivity index (χ4n) is 6.09. The lowest BCUT2D eigenvalue weighted by molar-refractivity contribution is -0.142. The predicted octanol–water partition coefficient (Wildman–Crippen LogP) is 0.842. The van der Waals surface area contributed by atoms with Crippen molar-refractivity contribution in [2.75, 3.05) is 13.1 Å². The van der Waals surface area contributed by atoms with Crippen molar-refractivity contribution in [1.82, 2.24) is 31.5 Å². The molecule has 0 aromatic heterocycles. The highest BCUT2D eigenvalue weighted by Gasteiger charge is 2.39. The van der Waals surface area contributed by atoms with Gasteiger partial charge in [0.25, 0.3) is 5.91 Å². The number of hydrogen-bond acceptors (Lipinski definition) is 7. The highest BCUT2D eigenvalue weighted by molar-refractivity contribution is 5.99.